The molecule has 0 saturated heterocycles. The van der Waals surface area contributed by atoms with Crippen molar-refractivity contribution >= 4 is 0 Å². The molecule has 0 atom stereocenters. The van der Waals surface area contributed by atoms with E-state index in [0.717, 1.165) is 18.6 Å². The van der Waals surface area contributed by atoms with E-state index in [-0.39, 0.29) is 0 Å². The zero-order valence-electron chi connectivity index (χ0n) is 11.2. The molecule has 98 valence electrons. The lowest BCUT2D eigenvalue weighted by molar-refractivity contribution is 0.0890. The van der Waals surface area contributed by atoms with Crippen LogP contribution in [-0.2, 0) is 0 Å². The van der Waals surface area contributed by atoms with E-state index < -0.39 is 0 Å². The minimum absolute atomic E-state index is 0.349. The number of rotatable bonds is 4. The number of para-hydroxylation sites is 1. The predicted octanol–water partition coefficient (Wildman–Crippen LogP) is 3.48. The van der Waals surface area contributed by atoms with Crippen LogP contribution in [0.5, 0.6) is 5.75 Å². The maximum Gasteiger partial charge on any atom is 0.127 e. The topological polar surface area (TPSA) is 21.3 Å². The lowest BCUT2D eigenvalue weighted by Gasteiger charge is -2.35. The Kier molecular flexibility index (Phi) is 3.51. The van der Waals surface area contributed by atoms with E-state index in [2.05, 4.69) is 47.8 Å². The van der Waals surface area contributed by atoms with Crippen LogP contribution in [0.15, 0.2) is 54.6 Å². The SMILES string of the molecule is CNC1CC(Oc2ccccc2-c2ccccc2)C1. The standard InChI is InChI=1S/C17H19NO/c1-18-14-11-15(12-14)19-17-10-6-5-9-16(17)13-7-3-2-4-8-13/h2-10,14-15,18H,11-12H2,1H3. The molecule has 0 spiro atoms. The summed E-state index contributed by atoms with van der Waals surface area (Å²) in [5.74, 6) is 0.994. The van der Waals surface area contributed by atoms with Gasteiger partial charge in [-0.1, -0.05) is 48.5 Å². The fraction of sp³-hybridized carbons (Fsp3) is 0.294. The molecule has 0 heterocycles. The summed E-state index contributed by atoms with van der Waals surface area (Å²) in [7, 11) is 2.01. The Morgan fingerprint density at radius 2 is 1.63 bits per heavy atom. The van der Waals surface area contributed by atoms with Crippen molar-refractivity contribution < 1.29 is 4.74 Å². The van der Waals surface area contributed by atoms with Gasteiger partial charge in [0.1, 0.15) is 11.9 Å². The Bertz CT molecular complexity index is 532. The molecule has 0 aliphatic heterocycles. The molecule has 2 aromatic carbocycles. The maximum atomic E-state index is 6.13. The van der Waals surface area contributed by atoms with E-state index >= 15 is 0 Å². The third-order valence-electron chi connectivity index (χ3n) is 3.77. The molecular weight excluding hydrogens is 234 g/mol. The molecule has 2 nitrogen and oxygen atoms in total. The van der Waals surface area contributed by atoms with Crippen molar-refractivity contribution in [2.75, 3.05) is 7.05 Å². The molecule has 0 amide bonds. The monoisotopic (exact) mass is 253 g/mol. The van der Waals surface area contributed by atoms with Crippen LogP contribution in [0.3, 0.4) is 0 Å². The minimum Gasteiger partial charge on any atom is -0.490 e. The van der Waals surface area contributed by atoms with Gasteiger partial charge >= 0.3 is 0 Å². The second kappa shape index (κ2) is 5.45. The van der Waals surface area contributed by atoms with Gasteiger partial charge in [0, 0.05) is 11.6 Å². The van der Waals surface area contributed by atoms with Crippen LogP contribution in [-0.4, -0.2) is 19.2 Å². The average Bonchev–Trinajstić information content (AvgIpc) is 2.44. The Hall–Kier alpha value is -1.80. The number of ether oxygens (including phenoxy) is 1. The highest BCUT2D eigenvalue weighted by atomic mass is 16.5. The Labute approximate surface area is 114 Å². The molecule has 1 saturated carbocycles. The molecule has 3 rings (SSSR count). The summed E-state index contributed by atoms with van der Waals surface area (Å²) in [4.78, 5) is 0. The van der Waals surface area contributed by atoms with Gasteiger partial charge in [-0.3, -0.25) is 0 Å². The first-order valence-corrected chi connectivity index (χ1v) is 6.85. The summed E-state index contributed by atoms with van der Waals surface area (Å²) < 4.78 is 6.13. The van der Waals surface area contributed by atoms with Gasteiger partial charge in [0.05, 0.1) is 0 Å². The van der Waals surface area contributed by atoms with Crippen LogP contribution < -0.4 is 10.1 Å². The first kappa shape index (κ1) is 12.2. The van der Waals surface area contributed by atoms with Crippen LogP contribution in [0.2, 0.25) is 0 Å². The molecule has 0 unspecified atom stereocenters. The smallest absolute Gasteiger partial charge is 0.127 e. The van der Waals surface area contributed by atoms with Gasteiger partial charge in [0.15, 0.2) is 0 Å². The highest BCUT2D eigenvalue weighted by Gasteiger charge is 2.29. The summed E-state index contributed by atoms with van der Waals surface area (Å²) in [6.07, 6.45) is 2.54. The van der Waals surface area contributed by atoms with Crippen molar-refractivity contribution in [1.29, 1.82) is 0 Å². The summed E-state index contributed by atoms with van der Waals surface area (Å²) in [5, 5.41) is 3.28. The van der Waals surface area contributed by atoms with E-state index in [0.29, 0.717) is 12.1 Å². The zero-order valence-corrected chi connectivity index (χ0v) is 11.2. The fourth-order valence-electron chi connectivity index (χ4n) is 2.50. The molecule has 2 aromatic rings. The lowest BCUT2D eigenvalue weighted by atomic mass is 9.89. The van der Waals surface area contributed by atoms with Gasteiger partial charge in [0.25, 0.3) is 0 Å². The second-order valence-corrected chi connectivity index (χ2v) is 5.06. The lowest BCUT2D eigenvalue weighted by Crippen LogP contribution is -2.45. The Balaban J connectivity index is 1.79. The van der Waals surface area contributed by atoms with Gasteiger partial charge in [-0.05, 0) is 31.5 Å². The van der Waals surface area contributed by atoms with E-state index in [4.69, 9.17) is 4.74 Å². The number of nitrogens with one attached hydrogen (secondary N) is 1. The minimum atomic E-state index is 0.349. The summed E-state index contributed by atoms with van der Waals surface area (Å²) in [6.45, 7) is 0. The Morgan fingerprint density at radius 1 is 0.947 bits per heavy atom. The van der Waals surface area contributed by atoms with Crippen LogP contribution >= 0.6 is 0 Å². The highest BCUT2D eigenvalue weighted by molar-refractivity contribution is 5.70. The predicted molar refractivity (Wildman–Crippen MR) is 78.4 cm³/mol. The van der Waals surface area contributed by atoms with E-state index in [1.807, 2.05) is 19.2 Å². The molecule has 2 heteroatoms. The van der Waals surface area contributed by atoms with Gasteiger partial charge in [-0.15, -0.1) is 0 Å². The molecule has 19 heavy (non-hydrogen) atoms. The van der Waals surface area contributed by atoms with Gasteiger partial charge in [0.2, 0.25) is 0 Å². The third kappa shape index (κ3) is 2.64. The Morgan fingerprint density at radius 3 is 2.37 bits per heavy atom. The van der Waals surface area contributed by atoms with Gasteiger partial charge < -0.3 is 10.1 Å². The number of benzene rings is 2. The molecule has 1 aliphatic rings. The number of hydrogen-bond acceptors (Lipinski definition) is 2. The molecular formula is C17H19NO. The average molecular weight is 253 g/mol. The fourth-order valence-corrected chi connectivity index (χ4v) is 2.50. The molecule has 0 bridgehead atoms. The van der Waals surface area contributed by atoms with Gasteiger partial charge in [-0.2, -0.15) is 0 Å². The van der Waals surface area contributed by atoms with Crippen LogP contribution in [0.1, 0.15) is 12.8 Å². The van der Waals surface area contributed by atoms with Crippen LogP contribution in [0.4, 0.5) is 0 Å². The molecule has 1 fully saturated rings. The maximum absolute atomic E-state index is 6.13. The van der Waals surface area contributed by atoms with Crippen molar-refractivity contribution in [1.82, 2.24) is 5.32 Å². The van der Waals surface area contributed by atoms with Crippen molar-refractivity contribution in [2.45, 2.75) is 25.0 Å². The first-order chi connectivity index (χ1) is 9.36. The molecule has 0 radical (unpaired) electrons. The van der Waals surface area contributed by atoms with Crippen LogP contribution in [0, 0.1) is 0 Å². The van der Waals surface area contributed by atoms with Crippen LogP contribution in [0.25, 0.3) is 11.1 Å². The van der Waals surface area contributed by atoms with Crippen molar-refractivity contribution in [2.24, 2.45) is 0 Å². The largest absolute Gasteiger partial charge is 0.490 e. The highest BCUT2D eigenvalue weighted by Crippen LogP contribution is 2.33. The van der Waals surface area contributed by atoms with Crippen molar-refractivity contribution in [3.8, 4) is 16.9 Å². The quantitative estimate of drug-likeness (QED) is 0.900. The third-order valence-corrected chi connectivity index (χ3v) is 3.77. The first-order valence-electron chi connectivity index (χ1n) is 6.85. The molecule has 1 N–H and O–H groups in total. The molecule has 1 aliphatic carbocycles. The van der Waals surface area contributed by atoms with Crippen molar-refractivity contribution in [3.05, 3.63) is 54.6 Å². The van der Waals surface area contributed by atoms with Crippen molar-refractivity contribution in [3.63, 3.8) is 0 Å². The second-order valence-electron chi connectivity index (χ2n) is 5.06. The van der Waals surface area contributed by atoms with Gasteiger partial charge in [-0.25, -0.2) is 0 Å². The van der Waals surface area contributed by atoms with E-state index in [1.54, 1.807) is 0 Å². The van der Waals surface area contributed by atoms with E-state index in [1.165, 1.54) is 11.1 Å². The summed E-state index contributed by atoms with van der Waals surface area (Å²) >= 11 is 0. The summed E-state index contributed by atoms with van der Waals surface area (Å²) in [5.41, 5.74) is 2.39. The number of hydrogen-bond donors (Lipinski definition) is 1. The zero-order chi connectivity index (χ0) is 13.1. The molecule has 0 aromatic heterocycles. The summed E-state index contributed by atoms with van der Waals surface area (Å²) in [6, 6.07) is 19.3. The van der Waals surface area contributed by atoms with E-state index in [9.17, 15) is 0 Å². The normalized spacial score (nSPS) is 21.7.